The van der Waals surface area contributed by atoms with Crippen LogP contribution in [-0.4, -0.2) is 11.9 Å². The maximum absolute atomic E-state index is 11.9. The molecule has 0 N–H and O–H groups in total. The molecule has 0 unspecified atom stereocenters. The molecule has 4 heteroatoms. The van der Waals surface area contributed by atoms with Gasteiger partial charge in [0.1, 0.15) is 0 Å². The van der Waals surface area contributed by atoms with Crippen LogP contribution in [-0.2, 0) is 9.53 Å². The second-order valence-electron chi connectivity index (χ2n) is 4.41. The van der Waals surface area contributed by atoms with Gasteiger partial charge in [-0.2, -0.15) is 0 Å². The summed E-state index contributed by atoms with van der Waals surface area (Å²) in [6, 6.07) is 16.2. The second-order valence-corrected chi connectivity index (χ2v) is 4.41. The third-order valence-electron chi connectivity index (χ3n) is 2.94. The third-order valence-corrected chi connectivity index (χ3v) is 2.94. The van der Waals surface area contributed by atoms with Crippen LogP contribution in [0.5, 0.6) is 0 Å². The molecule has 4 nitrogen and oxygen atoms in total. The Morgan fingerprint density at radius 3 is 2.67 bits per heavy atom. The van der Waals surface area contributed by atoms with Gasteiger partial charge in [0, 0.05) is 5.56 Å². The molecule has 100 valence electrons. The molecule has 0 aromatic heterocycles. The molecule has 0 fully saturated rings. The molecule has 0 bridgehead atoms. The molecule has 3 rings (SSSR count). The lowest BCUT2D eigenvalue weighted by atomic mass is 10.2. The number of carbonyl (C=O) groups is 1. The van der Waals surface area contributed by atoms with E-state index in [1.165, 1.54) is 0 Å². The van der Waals surface area contributed by atoms with Crippen LogP contribution < -0.4 is 0 Å². The fraction of sp³-hybridized carbons (Fsp3) is 0. The number of hydrogen-bond acceptors (Lipinski definition) is 3. The van der Waals surface area contributed by atoms with Gasteiger partial charge in [0.05, 0.1) is 6.57 Å². The van der Waals surface area contributed by atoms with E-state index in [9.17, 15) is 4.79 Å². The molecule has 0 saturated carbocycles. The predicted octanol–water partition coefficient (Wildman–Crippen LogP) is 3.58. The zero-order valence-corrected chi connectivity index (χ0v) is 11.0. The van der Waals surface area contributed by atoms with Gasteiger partial charge in [0.25, 0.3) is 0 Å². The first-order valence-electron chi connectivity index (χ1n) is 6.32. The highest BCUT2D eigenvalue weighted by Gasteiger charge is 2.23. The van der Waals surface area contributed by atoms with E-state index >= 15 is 0 Å². The number of ether oxygens (including phenoxy) is 1. The van der Waals surface area contributed by atoms with Gasteiger partial charge in [0.2, 0.25) is 5.90 Å². The SMILES string of the molecule is [C-]#[N+]c1cccc(C=C2N=C(c3ccccc3)OC2=O)c1. The quantitative estimate of drug-likeness (QED) is 0.477. The summed E-state index contributed by atoms with van der Waals surface area (Å²) in [5.41, 5.74) is 2.25. The van der Waals surface area contributed by atoms with Crippen molar-refractivity contribution in [2.45, 2.75) is 0 Å². The van der Waals surface area contributed by atoms with Gasteiger partial charge in [0.15, 0.2) is 11.4 Å². The average Bonchev–Trinajstić information content (AvgIpc) is 2.89. The van der Waals surface area contributed by atoms with Crippen LogP contribution >= 0.6 is 0 Å². The minimum Gasteiger partial charge on any atom is -0.402 e. The number of cyclic esters (lactones) is 1. The number of aliphatic imine (C=N–C) groups is 1. The van der Waals surface area contributed by atoms with Crippen LogP contribution in [0.15, 0.2) is 65.3 Å². The van der Waals surface area contributed by atoms with Crippen LogP contribution in [0.1, 0.15) is 11.1 Å². The summed E-state index contributed by atoms with van der Waals surface area (Å²) in [5.74, 6) is -0.185. The van der Waals surface area contributed by atoms with Crippen molar-refractivity contribution in [1.29, 1.82) is 0 Å². The van der Waals surface area contributed by atoms with E-state index in [1.54, 1.807) is 24.3 Å². The van der Waals surface area contributed by atoms with Gasteiger partial charge in [-0.25, -0.2) is 14.6 Å². The molecule has 0 saturated heterocycles. The van der Waals surface area contributed by atoms with Crippen LogP contribution in [0.4, 0.5) is 5.69 Å². The first-order valence-corrected chi connectivity index (χ1v) is 6.32. The molecule has 0 amide bonds. The van der Waals surface area contributed by atoms with Crippen molar-refractivity contribution >= 4 is 23.6 Å². The smallest absolute Gasteiger partial charge is 0.363 e. The number of esters is 1. The molecule has 2 aromatic rings. The summed E-state index contributed by atoms with van der Waals surface area (Å²) in [6.45, 7) is 6.99. The number of nitrogens with zero attached hydrogens (tertiary/aromatic N) is 2. The maximum Gasteiger partial charge on any atom is 0.363 e. The molecule has 1 heterocycles. The van der Waals surface area contributed by atoms with Crippen LogP contribution in [0.3, 0.4) is 0 Å². The van der Waals surface area contributed by atoms with Gasteiger partial charge >= 0.3 is 5.97 Å². The first-order chi connectivity index (χ1) is 10.3. The van der Waals surface area contributed by atoms with Crippen molar-refractivity contribution in [2.75, 3.05) is 0 Å². The number of carbonyl (C=O) groups excluding carboxylic acids is 1. The zero-order chi connectivity index (χ0) is 14.7. The van der Waals surface area contributed by atoms with Crippen LogP contribution in [0, 0.1) is 6.57 Å². The van der Waals surface area contributed by atoms with Crippen molar-refractivity contribution in [3.8, 4) is 0 Å². The highest BCUT2D eigenvalue weighted by Crippen LogP contribution is 2.21. The van der Waals surface area contributed by atoms with Crippen molar-refractivity contribution < 1.29 is 9.53 Å². The summed E-state index contributed by atoms with van der Waals surface area (Å²) < 4.78 is 5.17. The van der Waals surface area contributed by atoms with E-state index < -0.39 is 5.97 Å². The lowest BCUT2D eigenvalue weighted by Crippen LogP contribution is -2.04. The van der Waals surface area contributed by atoms with E-state index in [2.05, 4.69) is 9.84 Å². The van der Waals surface area contributed by atoms with Gasteiger partial charge in [-0.1, -0.05) is 36.4 Å². The van der Waals surface area contributed by atoms with Gasteiger partial charge in [-0.3, -0.25) is 0 Å². The molecule has 0 spiro atoms. The van der Waals surface area contributed by atoms with Crippen molar-refractivity contribution in [1.82, 2.24) is 0 Å². The molecule has 0 atom stereocenters. The van der Waals surface area contributed by atoms with E-state index in [0.717, 1.165) is 11.1 Å². The minimum absolute atomic E-state index is 0.232. The van der Waals surface area contributed by atoms with Crippen molar-refractivity contribution in [2.24, 2.45) is 4.99 Å². The molecule has 2 aromatic carbocycles. The molecular formula is C17H10N2O2. The Balaban J connectivity index is 1.95. The lowest BCUT2D eigenvalue weighted by Gasteiger charge is -1.97. The van der Waals surface area contributed by atoms with E-state index in [1.807, 2.05) is 36.4 Å². The number of hydrogen-bond donors (Lipinski definition) is 0. The molecule has 1 aliphatic heterocycles. The Kier molecular flexibility index (Phi) is 3.32. The molecule has 1 aliphatic rings. The summed E-state index contributed by atoms with van der Waals surface area (Å²) in [6.07, 6.45) is 1.62. The third kappa shape index (κ3) is 2.72. The molecular weight excluding hydrogens is 264 g/mol. The van der Waals surface area contributed by atoms with Crippen molar-refractivity contribution in [3.63, 3.8) is 0 Å². The highest BCUT2D eigenvalue weighted by atomic mass is 16.6. The standard InChI is InChI=1S/C17H10N2O2/c1-18-14-9-5-6-12(10-14)11-15-17(20)21-16(19-15)13-7-3-2-4-8-13/h2-11H. The summed E-state index contributed by atoms with van der Waals surface area (Å²) in [5, 5.41) is 0. The lowest BCUT2D eigenvalue weighted by molar-refractivity contribution is -0.129. The highest BCUT2D eigenvalue weighted by molar-refractivity contribution is 6.12. The minimum atomic E-state index is -0.484. The molecule has 0 aliphatic carbocycles. The van der Waals surface area contributed by atoms with Gasteiger partial charge in [-0.15, -0.1) is 0 Å². The van der Waals surface area contributed by atoms with E-state index in [0.29, 0.717) is 11.6 Å². The van der Waals surface area contributed by atoms with Crippen LogP contribution in [0.25, 0.3) is 10.9 Å². The second kappa shape index (κ2) is 5.43. The normalized spacial score (nSPS) is 15.5. The number of rotatable bonds is 2. The Morgan fingerprint density at radius 1 is 1.10 bits per heavy atom. The fourth-order valence-corrected chi connectivity index (χ4v) is 1.96. The maximum atomic E-state index is 11.9. The Labute approximate surface area is 121 Å². The van der Waals surface area contributed by atoms with Gasteiger partial charge < -0.3 is 4.74 Å². The largest absolute Gasteiger partial charge is 0.402 e. The topological polar surface area (TPSA) is 43.0 Å². The fourth-order valence-electron chi connectivity index (χ4n) is 1.96. The predicted molar refractivity (Wildman–Crippen MR) is 79.8 cm³/mol. The van der Waals surface area contributed by atoms with E-state index in [4.69, 9.17) is 11.3 Å². The Hall–Kier alpha value is -3.19. The number of benzene rings is 2. The molecule has 0 radical (unpaired) electrons. The van der Waals surface area contributed by atoms with Crippen molar-refractivity contribution in [3.05, 3.63) is 82.8 Å². The summed E-state index contributed by atoms with van der Waals surface area (Å²) >= 11 is 0. The Morgan fingerprint density at radius 2 is 1.90 bits per heavy atom. The summed E-state index contributed by atoms with van der Waals surface area (Å²) in [7, 11) is 0. The Bertz CT molecular complexity index is 799. The van der Waals surface area contributed by atoms with Gasteiger partial charge in [-0.05, 0) is 29.8 Å². The monoisotopic (exact) mass is 274 g/mol. The van der Waals surface area contributed by atoms with Crippen LogP contribution in [0.2, 0.25) is 0 Å². The average molecular weight is 274 g/mol. The zero-order valence-electron chi connectivity index (χ0n) is 11.0. The summed E-state index contributed by atoms with van der Waals surface area (Å²) in [4.78, 5) is 19.4. The first kappa shape index (κ1) is 12.8. The van der Waals surface area contributed by atoms with E-state index in [-0.39, 0.29) is 5.70 Å². The molecule has 21 heavy (non-hydrogen) atoms.